The van der Waals surface area contributed by atoms with Gasteiger partial charge in [-0.3, -0.25) is 9.59 Å². The normalized spacial score (nSPS) is 19.4. The first kappa shape index (κ1) is 21.4. The molecule has 31 heavy (non-hydrogen) atoms. The van der Waals surface area contributed by atoms with Crippen molar-refractivity contribution in [2.24, 2.45) is 0 Å². The summed E-state index contributed by atoms with van der Waals surface area (Å²) in [5.41, 5.74) is 1.41. The standard InChI is InChI=1S/C23H26N2O5S/c1-12-22(31-13(2)24-12)20(26)18-19(14-9-10-16(29-3)17(11-14)30-4)25(23(28)21(18)27)15-7-5-6-8-15/h9-11,15,19,27H,5-8H2,1-4H3. The Labute approximate surface area is 185 Å². The van der Waals surface area contributed by atoms with Crippen LogP contribution < -0.4 is 9.47 Å². The quantitative estimate of drug-likeness (QED) is 0.671. The minimum absolute atomic E-state index is 0.0256. The molecule has 8 heteroatoms. The van der Waals surface area contributed by atoms with Gasteiger partial charge in [0.2, 0.25) is 5.78 Å². The van der Waals surface area contributed by atoms with E-state index in [0.717, 1.165) is 30.7 Å². The zero-order chi connectivity index (χ0) is 22.3. The molecule has 1 atom stereocenters. The molecule has 2 aliphatic rings. The summed E-state index contributed by atoms with van der Waals surface area (Å²) in [7, 11) is 3.09. The van der Waals surface area contributed by atoms with E-state index in [4.69, 9.17) is 9.47 Å². The number of ketones is 1. The third-order valence-electron chi connectivity index (χ3n) is 6.04. The van der Waals surface area contributed by atoms with Crippen LogP contribution in [0.15, 0.2) is 29.5 Å². The van der Waals surface area contributed by atoms with Crippen molar-refractivity contribution in [1.82, 2.24) is 9.88 Å². The molecule has 0 bridgehead atoms. The highest BCUT2D eigenvalue weighted by Gasteiger charge is 2.47. The average molecular weight is 443 g/mol. The number of nitrogens with zero attached hydrogens (tertiary/aromatic N) is 2. The second-order valence-corrected chi connectivity index (χ2v) is 9.11. The molecule has 0 saturated heterocycles. The van der Waals surface area contributed by atoms with E-state index in [9.17, 15) is 14.7 Å². The summed E-state index contributed by atoms with van der Waals surface area (Å²) in [5.74, 6) is -0.259. The number of thiazole rings is 1. The maximum Gasteiger partial charge on any atom is 0.290 e. The van der Waals surface area contributed by atoms with Crippen LogP contribution in [-0.2, 0) is 4.79 Å². The van der Waals surface area contributed by atoms with Crippen LogP contribution in [-0.4, -0.2) is 46.9 Å². The molecule has 2 aromatic rings. The molecular weight excluding hydrogens is 416 g/mol. The van der Waals surface area contributed by atoms with Gasteiger partial charge in [0.05, 0.1) is 41.4 Å². The molecule has 4 rings (SSSR count). The number of methoxy groups -OCH3 is 2. The summed E-state index contributed by atoms with van der Waals surface area (Å²) in [6.07, 6.45) is 3.74. The number of ether oxygens (including phenoxy) is 2. The maximum atomic E-state index is 13.6. The Morgan fingerprint density at radius 1 is 1.16 bits per heavy atom. The Hall–Kier alpha value is -2.87. The van der Waals surface area contributed by atoms with Crippen molar-refractivity contribution >= 4 is 23.0 Å². The predicted molar refractivity (Wildman–Crippen MR) is 117 cm³/mol. The van der Waals surface area contributed by atoms with E-state index < -0.39 is 17.7 Å². The van der Waals surface area contributed by atoms with Gasteiger partial charge in [0.1, 0.15) is 0 Å². The van der Waals surface area contributed by atoms with Gasteiger partial charge in [-0.25, -0.2) is 4.98 Å². The van der Waals surface area contributed by atoms with Gasteiger partial charge in [0.25, 0.3) is 5.91 Å². The largest absolute Gasteiger partial charge is 0.503 e. The van der Waals surface area contributed by atoms with Crippen molar-refractivity contribution in [3.63, 3.8) is 0 Å². The monoisotopic (exact) mass is 442 g/mol. The number of Topliss-reactive ketones (excluding diaryl/α,β-unsaturated/α-hetero) is 1. The molecule has 1 aromatic heterocycles. The highest BCUT2D eigenvalue weighted by molar-refractivity contribution is 7.14. The number of carbonyl (C=O) groups excluding carboxylic acids is 2. The van der Waals surface area contributed by atoms with E-state index in [1.54, 1.807) is 38.2 Å². The fourth-order valence-electron chi connectivity index (χ4n) is 4.63. The molecule has 1 N–H and O–H groups in total. The first-order chi connectivity index (χ1) is 14.9. The first-order valence-electron chi connectivity index (χ1n) is 10.3. The molecule has 0 radical (unpaired) electrons. The van der Waals surface area contributed by atoms with Crippen molar-refractivity contribution in [1.29, 1.82) is 0 Å². The lowest BCUT2D eigenvalue weighted by Gasteiger charge is -2.32. The molecule has 1 unspecified atom stereocenters. The van der Waals surface area contributed by atoms with E-state index in [2.05, 4.69) is 4.98 Å². The number of rotatable bonds is 6. The second-order valence-electron chi connectivity index (χ2n) is 7.91. The number of aliphatic hydroxyl groups is 1. The molecule has 2 heterocycles. The molecule has 1 aliphatic carbocycles. The van der Waals surface area contributed by atoms with Crippen LogP contribution in [0, 0.1) is 13.8 Å². The third-order valence-corrected chi connectivity index (χ3v) is 7.11. The lowest BCUT2D eigenvalue weighted by molar-refractivity contribution is -0.131. The van der Waals surface area contributed by atoms with Crippen LogP contribution in [0.3, 0.4) is 0 Å². The van der Waals surface area contributed by atoms with Crippen LogP contribution in [0.2, 0.25) is 0 Å². The van der Waals surface area contributed by atoms with Crippen LogP contribution in [0.25, 0.3) is 0 Å². The van der Waals surface area contributed by atoms with Gasteiger partial charge < -0.3 is 19.5 Å². The van der Waals surface area contributed by atoms with Crippen LogP contribution >= 0.6 is 11.3 Å². The van der Waals surface area contributed by atoms with Gasteiger partial charge in [-0.2, -0.15) is 0 Å². The lowest BCUT2D eigenvalue weighted by Crippen LogP contribution is -2.38. The maximum absolute atomic E-state index is 13.6. The number of aliphatic hydroxyl groups excluding tert-OH is 1. The van der Waals surface area contributed by atoms with Crippen molar-refractivity contribution in [3.8, 4) is 11.5 Å². The second kappa shape index (κ2) is 8.34. The Balaban J connectivity index is 1.86. The number of amides is 1. The molecule has 1 aromatic carbocycles. The minimum atomic E-state index is -0.690. The van der Waals surface area contributed by atoms with Gasteiger partial charge in [-0.1, -0.05) is 18.9 Å². The number of aryl methyl sites for hydroxylation is 2. The summed E-state index contributed by atoms with van der Waals surface area (Å²) < 4.78 is 10.8. The molecular formula is C23H26N2O5S. The summed E-state index contributed by atoms with van der Waals surface area (Å²) in [4.78, 5) is 33.2. The van der Waals surface area contributed by atoms with E-state index in [1.807, 2.05) is 13.0 Å². The molecule has 1 fully saturated rings. The fraction of sp³-hybridized carbons (Fsp3) is 0.435. The van der Waals surface area contributed by atoms with Gasteiger partial charge in [0.15, 0.2) is 17.3 Å². The van der Waals surface area contributed by atoms with E-state index in [-0.39, 0.29) is 17.4 Å². The Morgan fingerprint density at radius 2 is 1.84 bits per heavy atom. The van der Waals surface area contributed by atoms with Crippen molar-refractivity contribution < 1.29 is 24.2 Å². The number of aromatic nitrogens is 1. The zero-order valence-electron chi connectivity index (χ0n) is 18.1. The van der Waals surface area contributed by atoms with Crippen molar-refractivity contribution in [2.75, 3.05) is 14.2 Å². The van der Waals surface area contributed by atoms with Crippen molar-refractivity contribution in [2.45, 2.75) is 51.6 Å². The van der Waals surface area contributed by atoms with Crippen LogP contribution in [0.5, 0.6) is 11.5 Å². The smallest absolute Gasteiger partial charge is 0.290 e. The molecule has 1 amide bonds. The van der Waals surface area contributed by atoms with Crippen LogP contribution in [0.4, 0.5) is 0 Å². The number of carbonyl (C=O) groups is 2. The molecule has 164 valence electrons. The van der Waals surface area contributed by atoms with Gasteiger partial charge in [0, 0.05) is 6.04 Å². The minimum Gasteiger partial charge on any atom is -0.503 e. The van der Waals surface area contributed by atoms with Crippen molar-refractivity contribution in [3.05, 3.63) is 50.7 Å². The topological polar surface area (TPSA) is 89.0 Å². The third kappa shape index (κ3) is 3.59. The van der Waals surface area contributed by atoms with E-state index in [0.29, 0.717) is 27.6 Å². The molecule has 0 spiro atoms. The Morgan fingerprint density at radius 3 is 2.42 bits per heavy atom. The first-order valence-corrected chi connectivity index (χ1v) is 11.2. The highest BCUT2D eigenvalue weighted by atomic mass is 32.1. The van der Waals surface area contributed by atoms with E-state index >= 15 is 0 Å². The average Bonchev–Trinajstić information content (AvgIpc) is 3.46. The summed E-state index contributed by atoms with van der Waals surface area (Å²) in [6, 6.07) is 4.63. The summed E-state index contributed by atoms with van der Waals surface area (Å²) >= 11 is 1.28. The summed E-state index contributed by atoms with van der Waals surface area (Å²) in [6.45, 7) is 3.60. The Kier molecular flexibility index (Phi) is 5.75. The fourth-order valence-corrected chi connectivity index (χ4v) is 5.50. The van der Waals surface area contributed by atoms with Gasteiger partial charge in [-0.15, -0.1) is 11.3 Å². The van der Waals surface area contributed by atoms with E-state index in [1.165, 1.54) is 11.3 Å². The number of benzene rings is 1. The predicted octanol–water partition coefficient (Wildman–Crippen LogP) is 4.30. The Bertz CT molecular complexity index is 1070. The summed E-state index contributed by atoms with van der Waals surface area (Å²) in [5, 5.41) is 11.6. The molecule has 1 saturated carbocycles. The van der Waals surface area contributed by atoms with Gasteiger partial charge in [-0.05, 0) is 44.4 Å². The highest BCUT2D eigenvalue weighted by Crippen LogP contribution is 2.45. The molecule has 1 aliphatic heterocycles. The number of hydrogen-bond acceptors (Lipinski definition) is 7. The van der Waals surface area contributed by atoms with Gasteiger partial charge >= 0.3 is 0 Å². The molecule has 7 nitrogen and oxygen atoms in total. The SMILES string of the molecule is COc1ccc(C2C(C(=O)c3sc(C)nc3C)=C(O)C(=O)N2C2CCCC2)cc1OC. The lowest BCUT2D eigenvalue weighted by atomic mass is 9.94. The zero-order valence-corrected chi connectivity index (χ0v) is 18.9. The number of hydrogen-bond donors (Lipinski definition) is 1. The van der Waals surface area contributed by atoms with Crippen LogP contribution in [0.1, 0.15) is 57.7 Å².